The molecule has 3 aromatic rings. The number of rotatable bonds is 4. The molecule has 0 aliphatic carbocycles. The minimum absolute atomic E-state index is 0.187. The van der Waals surface area contributed by atoms with E-state index in [9.17, 15) is 4.39 Å². The lowest BCUT2D eigenvalue weighted by atomic mass is 10.0. The van der Waals surface area contributed by atoms with Crippen molar-refractivity contribution in [1.82, 2.24) is 4.98 Å². The van der Waals surface area contributed by atoms with E-state index in [1.807, 2.05) is 18.3 Å². The third-order valence-electron chi connectivity index (χ3n) is 3.57. The molecule has 2 N–H and O–H groups in total. The van der Waals surface area contributed by atoms with Gasteiger partial charge >= 0.3 is 0 Å². The first-order valence-electron chi connectivity index (χ1n) is 6.85. The Bertz CT molecular complexity index is 700. The Morgan fingerprint density at radius 1 is 1.10 bits per heavy atom. The second kappa shape index (κ2) is 5.37. The molecule has 0 fully saturated rings. The normalized spacial score (nSPS) is 12.5. The van der Waals surface area contributed by atoms with Gasteiger partial charge in [0.2, 0.25) is 0 Å². The van der Waals surface area contributed by atoms with E-state index in [0.29, 0.717) is 0 Å². The highest BCUT2D eigenvalue weighted by Crippen LogP contribution is 2.25. The van der Waals surface area contributed by atoms with E-state index in [-0.39, 0.29) is 11.9 Å². The fraction of sp³-hybridized carbons (Fsp3) is 0.176. The molecule has 3 rings (SSSR count). The highest BCUT2D eigenvalue weighted by molar-refractivity contribution is 5.83. The number of aromatic nitrogens is 1. The van der Waals surface area contributed by atoms with E-state index in [4.69, 9.17) is 0 Å². The molecule has 20 heavy (non-hydrogen) atoms. The van der Waals surface area contributed by atoms with Gasteiger partial charge in [0.25, 0.3) is 0 Å². The highest BCUT2D eigenvalue weighted by atomic mass is 19.1. The average Bonchev–Trinajstić information content (AvgIpc) is 2.93. The van der Waals surface area contributed by atoms with Crippen LogP contribution in [0.5, 0.6) is 0 Å². The quantitative estimate of drug-likeness (QED) is 0.694. The van der Waals surface area contributed by atoms with Crippen molar-refractivity contribution >= 4 is 16.6 Å². The molecule has 0 amide bonds. The van der Waals surface area contributed by atoms with Crippen molar-refractivity contribution in [3.63, 3.8) is 0 Å². The van der Waals surface area contributed by atoms with Gasteiger partial charge in [-0.15, -0.1) is 0 Å². The van der Waals surface area contributed by atoms with Crippen molar-refractivity contribution in [1.29, 1.82) is 0 Å². The Labute approximate surface area is 117 Å². The first-order chi connectivity index (χ1) is 9.76. The molecule has 0 bridgehead atoms. The fourth-order valence-corrected chi connectivity index (χ4v) is 2.46. The van der Waals surface area contributed by atoms with Gasteiger partial charge in [-0.3, -0.25) is 0 Å². The van der Waals surface area contributed by atoms with Crippen molar-refractivity contribution in [3.05, 3.63) is 66.1 Å². The molecule has 102 valence electrons. The van der Waals surface area contributed by atoms with Crippen molar-refractivity contribution < 1.29 is 4.39 Å². The summed E-state index contributed by atoms with van der Waals surface area (Å²) in [5.41, 5.74) is 3.31. The summed E-state index contributed by atoms with van der Waals surface area (Å²) in [5.74, 6) is -0.197. The number of hydrogen-bond acceptors (Lipinski definition) is 1. The molecule has 0 radical (unpaired) electrons. The number of halogens is 1. The lowest BCUT2D eigenvalue weighted by Gasteiger charge is -2.19. The largest absolute Gasteiger partial charge is 0.378 e. The number of H-pyrrole nitrogens is 1. The summed E-state index contributed by atoms with van der Waals surface area (Å²) in [6.45, 7) is 2.12. The molecular formula is C17H17FN2. The van der Waals surface area contributed by atoms with Crippen LogP contribution in [0.25, 0.3) is 10.9 Å². The summed E-state index contributed by atoms with van der Waals surface area (Å²) in [6.07, 6.45) is 2.88. The van der Waals surface area contributed by atoms with Crippen LogP contribution in [0.3, 0.4) is 0 Å². The maximum absolute atomic E-state index is 13.0. The molecular weight excluding hydrogens is 251 g/mol. The van der Waals surface area contributed by atoms with Crippen LogP contribution >= 0.6 is 0 Å². The molecule has 0 aliphatic rings. The number of nitrogens with one attached hydrogen (secondary N) is 2. The van der Waals surface area contributed by atoms with E-state index in [2.05, 4.69) is 41.5 Å². The van der Waals surface area contributed by atoms with Crippen molar-refractivity contribution in [3.8, 4) is 0 Å². The van der Waals surface area contributed by atoms with Crippen LogP contribution < -0.4 is 5.32 Å². The smallest absolute Gasteiger partial charge is 0.123 e. The number of aromatic amines is 1. The molecule has 0 saturated carbocycles. The van der Waals surface area contributed by atoms with E-state index < -0.39 is 0 Å². The van der Waals surface area contributed by atoms with E-state index in [1.54, 1.807) is 0 Å². The van der Waals surface area contributed by atoms with E-state index in [0.717, 1.165) is 23.2 Å². The summed E-state index contributed by atoms with van der Waals surface area (Å²) >= 11 is 0. The second-order valence-corrected chi connectivity index (χ2v) is 4.94. The van der Waals surface area contributed by atoms with Gasteiger partial charge < -0.3 is 10.3 Å². The van der Waals surface area contributed by atoms with Crippen molar-refractivity contribution in [2.24, 2.45) is 0 Å². The third-order valence-corrected chi connectivity index (χ3v) is 3.57. The summed E-state index contributed by atoms with van der Waals surface area (Å²) < 4.78 is 13.0. The van der Waals surface area contributed by atoms with Crippen LogP contribution in [-0.4, -0.2) is 4.98 Å². The Morgan fingerprint density at radius 2 is 1.90 bits per heavy atom. The monoisotopic (exact) mass is 268 g/mol. The zero-order valence-electron chi connectivity index (χ0n) is 11.4. The van der Waals surface area contributed by atoms with Gasteiger partial charge in [-0.25, -0.2) is 4.39 Å². The summed E-state index contributed by atoms with van der Waals surface area (Å²) in [4.78, 5) is 3.18. The minimum Gasteiger partial charge on any atom is -0.378 e. The summed E-state index contributed by atoms with van der Waals surface area (Å²) in [5, 5.41) is 4.69. The Kier molecular flexibility index (Phi) is 3.42. The van der Waals surface area contributed by atoms with Gasteiger partial charge in [0.05, 0.1) is 6.04 Å². The molecule has 0 aliphatic heterocycles. The van der Waals surface area contributed by atoms with Gasteiger partial charge in [0.1, 0.15) is 5.82 Å². The number of fused-ring (bicyclic) bond motifs is 1. The van der Waals surface area contributed by atoms with Crippen LogP contribution in [-0.2, 0) is 0 Å². The zero-order valence-corrected chi connectivity index (χ0v) is 11.4. The van der Waals surface area contributed by atoms with Gasteiger partial charge in [-0.1, -0.05) is 19.1 Å². The predicted octanol–water partition coefficient (Wildman–Crippen LogP) is 4.87. The minimum atomic E-state index is -0.197. The van der Waals surface area contributed by atoms with E-state index in [1.165, 1.54) is 17.5 Å². The van der Waals surface area contributed by atoms with Gasteiger partial charge in [-0.05, 0) is 48.4 Å². The average molecular weight is 268 g/mol. The van der Waals surface area contributed by atoms with Crippen molar-refractivity contribution in [2.75, 3.05) is 5.32 Å². The van der Waals surface area contributed by atoms with Crippen molar-refractivity contribution in [2.45, 2.75) is 19.4 Å². The molecule has 3 heteroatoms. The molecule has 1 heterocycles. The molecule has 2 aromatic carbocycles. The lowest BCUT2D eigenvalue weighted by molar-refractivity contribution is 0.625. The maximum atomic E-state index is 13.0. The molecule has 1 atom stereocenters. The van der Waals surface area contributed by atoms with Gasteiger partial charge in [-0.2, -0.15) is 0 Å². The molecule has 0 saturated heterocycles. The molecule has 2 nitrogen and oxygen atoms in total. The first kappa shape index (κ1) is 12.7. The second-order valence-electron chi connectivity index (χ2n) is 4.94. The SMILES string of the molecule is CCC(Nc1ccc2[nH]ccc2c1)c1ccc(F)cc1. The summed E-state index contributed by atoms with van der Waals surface area (Å²) in [7, 11) is 0. The fourth-order valence-electron chi connectivity index (χ4n) is 2.46. The Hall–Kier alpha value is -2.29. The summed E-state index contributed by atoms with van der Waals surface area (Å²) in [6, 6.07) is 15.2. The van der Waals surface area contributed by atoms with Crippen LogP contribution in [0.1, 0.15) is 24.9 Å². The van der Waals surface area contributed by atoms with Crippen LogP contribution in [0, 0.1) is 5.82 Å². The van der Waals surface area contributed by atoms with Crippen LogP contribution in [0.15, 0.2) is 54.7 Å². The third kappa shape index (κ3) is 2.52. The topological polar surface area (TPSA) is 27.8 Å². The number of hydrogen-bond donors (Lipinski definition) is 2. The van der Waals surface area contributed by atoms with Gasteiger partial charge in [0, 0.05) is 22.8 Å². The number of anilines is 1. The predicted molar refractivity (Wildman–Crippen MR) is 81.4 cm³/mol. The Balaban J connectivity index is 1.84. The standard InChI is InChI=1S/C17H17FN2/c1-2-16(12-3-5-14(18)6-4-12)20-15-7-8-17-13(11-15)9-10-19-17/h3-11,16,19-20H,2H2,1H3. The van der Waals surface area contributed by atoms with Crippen LogP contribution in [0.2, 0.25) is 0 Å². The molecule has 1 aromatic heterocycles. The molecule has 1 unspecified atom stereocenters. The maximum Gasteiger partial charge on any atom is 0.123 e. The molecule has 0 spiro atoms. The highest BCUT2D eigenvalue weighted by Gasteiger charge is 2.09. The van der Waals surface area contributed by atoms with Gasteiger partial charge in [0.15, 0.2) is 0 Å². The zero-order chi connectivity index (χ0) is 13.9. The van der Waals surface area contributed by atoms with Crippen LogP contribution in [0.4, 0.5) is 10.1 Å². The first-order valence-corrected chi connectivity index (χ1v) is 6.85. The lowest BCUT2D eigenvalue weighted by Crippen LogP contribution is -2.09. The number of benzene rings is 2. The Morgan fingerprint density at radius 3 is 2.65 bits per heavy atom. The van der Waals surface area contributed by atoms with E-state index >= 15 is 0 Å².